The van der Waals surface area contributed by atoms with Crippen LogP contribution < -0.4 is 14.8 Å². The number of Topliss-reactive ketones (excluding diaryl/α,β-unsaturated/α-hetero) is 1. The number of benzene rings is 2. The molecule has 0 saturated carbocycles. The Morgan fingerprint density at radius 1 is 1.03 bits per heavy atom. The second-order valence-corrected chi connectivity index (χ2v) is 8.13. The summed E-state index contributed by atoms with van der Waals surface area (Å²) in [5, 5.41) is 12.4. The van der Waals surface area contributed by atoms with E-state index in [1.807, 2.05) is 11.6 Å². The molecule has 1 heterocycles. The lowest BCUT2D eigenvalue weighted by molar-refractivity contribution is 0.0953. The van der Waals surface area contributed by atoms with E-state index in [1.165, 1.54) is 18.9 Å². The van der Waals surface area contributed by atoms with Crippen molar-refractivity contribution in [1.29, 1.82) is 0 Å². The van der Waals surface area contributed by atoms with Gasteiger partial charge in [0, 0.05) is 36.2 Å². The summed E-state index contributed by atoms with van der Waals surface area (Å²) in [7, 11) is 4.91. The SMILES string of the molecule is COc1ccc(C(=O)CSc2nnc(CCNC(=O)c3ccc(Cl)cc3)n2C)cc1OC. The normalized spacial score (nSPS) is 10.6. The molecule has 1 N–H and O–H groups in total. The standard InChI is InChI=1S/C22H23ClN4O4S/c1-27-20(10-11-24-21(29)14-4-7-16(23)8-5-14)25-26-22(27)32-13-17(28)15-6-9-18(30-2)19(12-15)31-3/h4-9,12H,10-11,13H2,1-3H3,(H,24,29). The first-order chi connectivity index (χ1) is 15.4. The Hall–Kier alpha value is -3.04. The molecule has 0 saturated heterocycles. The Labute approximate surface area is 195 Å². The highest BCUT2D eigenvalue weighted by atomic mass is 35.5. The summed E-state index contributed by atoms with van der Waals surface area (Å²) in [6.45, 7) is 0.405. The predicted molar refractivity (Wildman–Crippen MR) is 123 cm³/mol. The first-order valence-electron chi connectivity index (χ1n) is 9.73. The van der Waals surface area contributed by atoms with Crippen LogP contribution in [-0.4, -0.2) is 53.0 Å². The molecule has 1 aromatic heterocycles. The molecule has 1 amide bonds. The van der Waals surface area contributed by atoms with Crippen molar-refractivity contribution in [2.45, 2.75) is 11.6 Å². The fraction of sp³-hybridized carbons (Fsp3) is 0.273. The number of rotatable bonds is 10. The van der Waals surface area contributed by atoms with Crippen LogP contribution in [0, 0.1) is 0 Å². The van der Waals surface area contributed by atoms with E-state index in [0.29, 0.717) is 51.6 Å². The summed E-state index contributed by atoms with van der Waals surface area (Å²) in [6.07, 6.45) is 0.507. The molecule has 0 spiro atoms. The molecule has 0 fully saturated rings. The van der Waals surface area contributed by atoms with Crippen LogP contribution in [0.15, 0.2) is 47.6 Å². The highest BCUT2D eigenvalue weighted by molar-refractivity contribution is 7.99. The van der Waals surface area contributed by atoms with E-state index in [4.69, 9.17) is 21.1 Å². The van der Waals surface area contributed by atoms with Crippen molar-refractivity contribution in [2.24, 2.45) is 7.05 Å². The fourth-order valence-corrected chi connectivity index (χ4v) is 3.85. The number of hydrogen-bond donors (Lipinski definition) is 1. The molecule has 0 aliphatic rings. The van der Waals surface area contributed by atoms with Crippen molar-refractivity contribution in [3.8, 4) is 11.5 Å². The van der Waals surface area contributed by atoms with Gasteiger partial charge in [-0.3, -0.25) is 9.59 Å². The molecule has 8 nitrogen and oxygen atoms in total. The minimum absolute atomic E-state index is 0.0595. The van der Waals surface area contributed by atoms with Crippen molar-refractivity contribution in [2.75, 3.05) is 26.5 Å². The average Bonchev–Trinajstić information content (AvgIpc) is 3.16. The monoisotopic (exact) mass is 474 g/mol. The second-order valence-electron chi connectivity index (χ2n) is 6.75. The number of ketones is 1. The lowest BCUT2D eigenvalue weighted by Gasteiger charge is -2.09. The van der Waals surface area contributed by atoms with Gasteiger partial charge in [0.15, 0.2) is 22.4 Å². The number of carbonyl (C=O) groups is 2. The van der Waals surface area contributed by atoms with Crippen LogP contribution in [0.3, 0.4) is 0 Å². The summed E-state index contributed by atoms with van der Waals surface area (Å²) >= 11 is 7.14. The molecule has 2 aromatic carbocycles. The van der Waals surface area contributed by atoms with E-state index in [2.05, 4.69) is 15.5 Å². The van der Waals surface area contributed by atoms with E-state index < -0.39 is 0 Å². The van der Waals surface area contributed by atoms with Gasteiger partial charge in [0.25, 0.3) is 5.91 Å². The molecule has 0 bridgehead atoms. The molecule has 3 rings (SSSR count). The van der Waals surface area contributed by atoms with Crippen LogP contribution in [-0.2, 0) is 13.5 Å². The van der Waals surface area contributed by atoms with Gasteiger partial charge in [-0.2, -0.15) is 0 Å². The Morgan fingerprint density at radius 2 is 1.72 bits per heavy atom. The van der Waals surface area contributed by atoms with E-state index in [9.17, 15) is 9.59 Å². The quantitative estimate of drug-likeness (QED) is 0.355. The largest absolute Gasteiger partial charge is 0.493 e. The minimum Gasteiger partial charge on any atom is -0.493 e. The maximum atomic E-state index is 12.6. The van der Waals surface area contributed by atoms with Gasteiger partial charge in [-0.15, -0.1) is 10.2 Å². The number of aromatic nitrogens is 3. The van der Waals surface area contributed by atoms with Crippen LogP contribution in [0.5, 0.6) is 11.5 Å². The first-order valence-corrected chi connectivity index (χ1v) is 11.1. The summed E-state index contributed by atoms with van der Waals surface area (Å²) in [4.78, 5) is 24.8. The zero-order valence-electron chi connectivity index (χ0n) is 17.9. The van der Waals surface area contributed by atoms with Gasteiger partial charge >= 0.3 is 0 Å². The Balaban J connectivity index is 1.53. The number of methoxy groups -OCH3 is 2. The van der Waals surface area contributed by atoms with Crippen LogP contribution in [0.4, 0.5) is 0 Å². The predicted octanol–water partition coefficient (Wildman–Crippen LogP) is 3.43. The van der Waals surface area contributed by atoms with Gasteiger partial charge in [-0.25, -0.2) is 0 Å². The van der Waals surface area contributed by atoms with Crippen LogP contribution in [0.25, 0.3) is 0 Å². The molecule has 0 radical (unpaired) electrons. The lowest BCUT2D eigenvalue weighted by Crippen LogP contribution is -2.26. The van der Waals surface area contributed by atoms with Crippen molar-refractivity contribution in [1.82, 2.24) is 20.1 Å². The number of hydrogen-bond acceptors (Lipinski definition) is 7. The van der Waals surface area contributed by atoms with E-state index in [1.54, 1.807) is 49.6 Å². The highest BCUT2D eigenvalue weighted by Gasteiger charge is 2.15. The van der Waals surface area contributed by atoms with Crippen molar-refractivity contribution < 1.29 is 19.1 Å². The Bertz CT molecular complexity index is 1100. The Kier molecular flexibility index (Phi) is 8.13. The third-order valence-corrected chi connectivity index (χ3v) is 5.98. The summed E-state index contributed by atoms with van der Waals surface area (Å²) in [6, 6.07) is 11.8. The lowest BCUT2D eigenvalue weighted by atomic mass is 10.1. The van der Waals surface area contributed by atoms with Crippen LogP contribution in [0.1, 0.15) is 26.5 Å². The van der Waals surface area contributed by atoms with Gasteiger partial charge in [0.05, 0.1) is 20.0 Å². The molecule has 10 heteroatoms. The van der Waals surface area contributed by atoms with Crippen molar-refractivity contribution in [3.63, 3.8) is 0 Å². The van der Waals surface area contributed by atoms with Gasteiger partial charge in [-0.1, -0.05) is 23.4 Å². The van der Waals surface area contributed by atoms with Gasteiger partial charge in [0.2, 0.25) is 0 Å². The fourth-order valence-electron chi connectivity index (χ4n) is 2.90. The molecule has 0 aliphatic carbocycles. The summed E-state index contributed by atoms with van der Waals surface area (Å²) < 4.78 is 12.3. The maximum absolute atomic E-state index is 12.6. The van der Waals surface area contributed by atoms with Gasteiger partial charge < -0.3 is 19.4 Å². The van der Waals surface area contributed by atoms with Crippen LogP contribution in [0.2, 0.25) is 5.02 Å². The third-order valence-electron chi connectivity index (χ3n) is 4.70. The molecule has 0 unspecified atom stereocenters. The number of ether oxygens (including phenoxy) is 2. The number of thioether (sulfide) groups is 1. The number of carbonyl (C=O) groups excluding carboxylic acids is 2. The van der Waals surface area contributed by atoms with Gasteiger partial charge in [0.1, 0.15) is 5.82 Å². The second kappa shape index (κ2) is 11.0. The first kappa shape index (κ1) is 23.6. The number of nitrogens with one attached hydrogen (secondary N) is 1. The van der Waals surface area contributed by atoms with Crippen molar-refractivity contribution >= 4 is 35.1 Å². The zero-order valence-corrected chi connectivity index (χ0v) is 19.5. The molecular weight excluding hydrogens is 452 g/mol. The summed E-state index contributed by atoms with van der Waals surface area (Å²) in [5.41, 5.74) is 1.07. The van der Waals surface area contributed by atoms with Crippen LogP contribution >= 0.6 is 23.4 Å². The maximum Gasteiger partial charge on any atom is 0.251 e. The van der Waals surface area contributed by atoms with E-state index >= 15 is 0 Å². The topological polar surface area (TPSA) is 95.3 Å². The smallest absolute Gasteiger partial charge is 0.251 e. The van der Waals surface area contributed by atoms with E-state index in [0.717, 1.165) is 0 Å². The van der Waals surface area contributed by atoms with Gasteiger partial charge in [-0.05, 0) is 42.5 Å². The van der Waals surface area contributed by atoms with Crippen molar-refractivity contribution in [3.05, 3.63) is 64.4 Å². The number of amides is 1. The molecule has 3 aromatic rings. The molecule has 0 atom stereocenters. The zero-order chi connectivity index (χ0) is 23.1. The minimum atomic E-state index is -0.182. The summed E-state index contributed by atoms with van der Waals surface area (Å²) in [5.74, 6) is 1.74. The molecule has 0 aliphatic heterocycles. The Morgan fingerprint density at radius 3 is 2.41 bits per heavy atom. The third kappa shape index (κ3) is 5.80. The van der Waals surface area contributed by atoms with E-state index in [-0.39, 0.29) is 17.4 Å². The average molecular weight is 475 g/mol. The molecular formula is C22H23ClN4O4S. The molecule has 168 valence electrons. The number of halogens is 1. The molecule has 32 heavy (non-hydrogen) atoms. The number of nitrogens with zero attached hydrogens (tertiary/aromatic N) is 3. The highest BCUT2D eigenvalue weighted by Crippen LogP contribution is 2.28.